The molecule has 0 saturated carbocycles. The van der Waals surface area contributed by atoms with Crippen molar-refractivity contribution in [2.45, 2.75) is 12.5 Å². The zero-order valence-corrected chi connectivity index (χ0v) is 8.91. The Hall–Kier alpha value is -1.95. The minimum atomic E-state index is -0.931. The third-order valence-electron chi connectivity index (χ3n) is 2.82. The van der Waals surface area contributed by atoms with E-state index in [9.17, 15) is 14.9 Å². The van der Waals surface area contributed by atoms with E-state index in [1.54, 1.807) is 6.07 Å². The Kier molecular flexibility index (Phi) is 3.06. The number of carboxylic acids is 1. The van der Waals surface area contributed by atoms with Gasteiger partial charge >= 0.3 is 5.97 Å². The van der Waals surface area contributed by atoms with E-state index < -0.39 is 22.9 Å². The normalized spacial score (nSPS) is 23.5. The summed E-state index contributed by atoms with van der Waals surface area (Å²) in [4.78, 5) is 21.1. The summed E-state index contributed by atoms with van der Waals surface area (Å²) in [6.45, 7) is 0.365. The number of carbonyl (C=O) groups is 1. The van der Waals surface area contributed by atoms with Crippen LogP contribution in [-0.2, 0) is 9.53 Å². The Morgan fingerprint density at radius 3 is 2.94 bits per heavy atom. The van der Waals surface area contributed by atoms with E-state index in [0.29, 0.717) is 18.6 Å². The van der Waals surface area contributed by atoms with Gasteiger partial charge < -0.3 is 9.84 Å². The molecule has 6 heteroatoms. The van der Waals surface area contributed by atoms with E-state index >= 15 is 0 Å². The van der Waals surface area contributed by atoms with Crippen LogP contribution in [0.15, 0.2) is 24.3 Å². The minimum absolute atomic E-state index is 0.0536. The number of non-ortho nitro benzene ring substituents is 1. The number of ether oxygens (including phenoxy) is 1. The first-order chi connectivity index (χ1) is 8.09. The van der Waals surface area contributed by atoms with Gasteiger partial charge in [-0.3, -0.25) is 14.9 Å². The van der Waals surface area contributed by atoms with Crippen molar-refractivity contribution < 1.29 is 19.6 Å². The van der Waals surface area contributed by atoms with E-state index in [0.717, 1.165) is 0 Å². The lowest BCUT2D eigenvalue weighted by molar-refractivity contribution is -0.385. The number of benzene rings is 1. The molecule has 1 aromatic rings. The standard InChI is InChI=1S/C11H11NO5/c13-11(14)9-4-5-17-10(9)7-2-1-3-8(6-7)12(15)16/h1-3,6,9-10H,4-5H2,(H,13,14). The van der Waals surface area contributed by atoms with Crippen molar-refractivity contribution in [3.63, 3.8) is 0 Å². The molecule has 0 aromatic heterocycles. The van der Waals surface area contributed by atoms with Crippen LogP contribution in [0.3, 0.4) is 0 Å². The van der Waals surface area contributed by atoms with Crippen molar-refractivity contribution >= 4 is 11.7 Å². The molecule has 0 bridgehead atoms. The van der Waals surface area contributed by atoms with Crippen LogP contribution in [0.2, 0.25) is 0 Å². The number of rotatable bonds is 3. The number of aliphatic carboxylic acids is 1. The summed E-state index contributed by atoms with van der Waals surface area (Å²) < 4.78 is 5.34. The molecule has 90 valence electrons. The summed E-state index contributed by atoms with van der Waals surface area (Å²) in [6.07, 6.45) is -0.157. The van der Waals surface area contributed by atoms with Crippen LogP contribution < -0.4 is 0 Å². The van der Waals surface area contributed by atoms with Gasteiger partial charge in [0.2, 0.25) is 0 Å². The lowest BCUT2D eigenvalue weighted by Crippen LogP contribution is -2.17. The molecule has 0 aliphatic carbocycles. The molecule has 1 N–H and O–H groups in total. The van der Waals surface area contributed by atoms with E-state index in [2.05, 4.69) is 0 Å². The van der Waals surface area contributed by atoms with Crippen LogP contribution in [0.1, 0.15) is 18.1 Å². The van der Waals surface area contributed by atoms with Gasteiger partial charge in [0.25, 0.3) is 5.69 Å². The molecular weight excluding hydrogens is 226 g/mol. The summed E-state index contributed by atoms with van der Waals surface area (Å²) in [7, 11) is 0. The first kappa shape index (κ1) is 11.5. The highest BCUT2D eigenvalue weighted by Crippen LogP contribution is 2.35. The highest BCUT2D eigenvalue weighted by molar-refractivity contribution is 5.71. The Morgan fingerprint density at radius 2 is 2.29 bits per heavy atom. The number of carboxylic acid groups (broad SMARTS) is 1. The van der Waals surface area contributed by atoms with Crippen LogP contribution in [-0.4, -0.2) is 22.6 Å². The molecule has 6 nitrogen and oxygen atoms in total. The zero-order valence-electron chi connectivity index (χ0n) is 8.91. The maximum absolute atomic E-state index is 11.0. The Bertz CT molecular complexity index is 459. The Labute approximate surface area is 97.0 Å². The van der Waals surface area contributed by atoms with Gasteiger partial charge in [-0.2, -0.15) is 0 Å². The lowest BCUT2D eigenvalue weighted by atomic mass is 9.95. The molecule has 1 aromatic carbocycles. The van der Waals surface area contributed by atoms with Crippen molar-refractivity contribution in [1.29, 1.82) is 0 Å². The van der Waals surface area contributed by atoms with Crippen molar-refractivity contribution in [2.24, 2.45) is 5.92 Å². The van der Waals surface area contributed by atoms with Gasteiger partial charge in [-0.05, 0) is 12.0 Å². The first-order valence-corrected chi connectivity index (χ1v) is 5.18. The molecule has 2 unspecified atom stereocenters. The second kappa shape index (κ2) is 4.50. The van der Waals surface area contributed by atoms with Gasteiger partial charge in [0, 0.05) is 18.7 Å². The van der Waals surface area contributed by atoms with E-state index in [-0.39, 0.29) is 5.69 Å². The van der Waals surface area contributed by atoms with Gasteiger partial charge in [-0.15, -0.1) is 0 Å². The maximum Gasteiger partial charge on any atom is 0.309 e. The molecule has 1 fully saturated rings. The van der Waals surface area contributed by atoms with Crippen molar-refractivity contribution in [1.82, 2.24) is 0 Å². The largest absolute Gasteiger partial charge is 0.481 e. The monoisotopic (exact) mass is 237 g/mol. The molecule has 1 saturated heterocycles. The smallest absolute Gasteiger partial charge is 0.309 e. The van der Waals surface area contributed by atoms with Crippen LogP contribution in [0, 0.1) is 16.0 Å². The summed E-state index contributed by atoms with van der Waals surface area (Å²) in [6, 6.07) is 5.92. The van der Waals surface area contributed by atoms with Crippen LogP contribution in [0.4, 0.5) is 5.69 Å². The van der Waals surface area contributed by atoms with Gasteiger partial charge in [0.05, 0.1) is 16.9 Å². The molecule has 0 spiro atoms. The fourth-order valence-corrected chi connectivity index (χ4v) is 1.99. The predicted molar refractivity (Wildman–Crippen MR) is 57.5 cm³/mol. The molecule has 0 amide bonds. The second-order valence-electron chi connectivity index (χ2n) is 3.88. The van der Waals surface area contributed by atoms with Crippen LogP contribution in [0.25, 0.3) is 0 Å². The summed E-state index contributed by atoms with van der Waals surface area (Å²) in [5, 5.41) is 19.6. The predicted octanol–water partition coefficient (Wildman–Crippen LogP) is 1.76. The van der Waals surface area contributed by atoms with E-state index in [1.165, 1.54) is 18.2 Å². The SMILES string of the molecule is O=C(O)C1CCOC1c1cccc([N+](=O)[O-])c1. The molecule has 1 heterocycles. The molecule has 2 atom stereocenters. The summed E-state index contributed by atoms with van der Waals surface area (Å²) >= 11 is 0. The van der Waals surface area contributed by atoms with Crippen molar-refractivity contribution in [3.8, 4) is 0 Å². The minimum Gasteiger partial charge on any atom is -0.481 e. The Balaban J connectivity index is 2.30. The summed E-state index contributed by atoms with van der Waals surface area (Å²) in [5.74, 6) is -1.56. The summed E-state index contributed by atoms with van der Waals surface area (Å²) in [5.41, 5.74) is 0.492. The van der Waals surface area contributed by atoms with Crippen molar-refractivity contribution in [3.05, 3.63) is 39.9 Å². The maximum atomic E-state index is 11.0. The number of nitro groups is 1. The average molecular weight is 237 g/mol. The molecule has 2 rings (SSSR count). The van der Waals surface area contributed by atoms with Crippen LogP contribution in [0.5, 0.6) is 0 Å². The molecule has 1 aliphatic rings. The molecule has 0 radical (unpaired) electrons. The van der Waals surface area contributed by atoms with Crippen molar-refractivity contribution in [2.75, 3.05) is 6.61 Å². The molecular formula is C11H11NO5. The Morgan fingerprint density at radius 1 is 1.53 bits per heavy atom. The number of nitro benzene ring substituents is 1. The van der Waals surface area contributed by atoms with Gasteiger partial charge in [0.15, 0.2) is 0 Å². The molecule has 17 heavy (non-hydrogen) atoms. The highest BCUT2D eigenvalue weighted by Gasteiger charge is 2.35. The first-order valence-electron chi connectivity index (χ1n) is 5.18. The van der Waals surface area contributed by atoms with E-state index in [4.69, 9.17) is 9.84 Å². The second-order valence-corrected chi connectivity index (χ2v) is 3.88. The van der Waals surface area contributed by atoms with Crippen LogP contribution >= 0.6 is 0 Å². The number of hydrogen-bond donors (Lipinski definition) is 1. The fraction of sp³-hybridized carbons (Fsp3) is 0.364. The highest BCUT2D eigenvalue weighted by atomic mass is 16.6. The number of hydrogen-bond acceptors (Lipinski definition) is 4. The average Bonchev–Trinajstić information content (AvgIpc) is 2.78. The fourth-order valence-electron chi connectivity index (χ4n) is 1.99. The topological polar surface area (TPSA) is 89.7 Å². The van der Waals surface area contributed by atoms with Gasteiger partial charge in [0.1, 0.15) is 0 Å². The molecule has 1 aliphatic heterocycles. The third-order valence-corrected chi connectivity index (χ3v) is 2.82. The van der Waals surface area contributed by atoms with Gasteiger partial charge in [-0.25, -0.2) is 0 Å². The zero-order chi connectivity index (χ0) is 12.4. The quantitative estimate of drug-likeness (QED) is 0.639. The van der Waals surface area contributed by atoms with E-state index in [1.807, 2.05) is 0 Å². The van der Waals surface area contributed by atoms with Gasteiger partial charge in [-0.1, -0.05) is 12.1 Å². The third kappa shape index (κ3) is 2.26. The number of nitrogens with zero attached hydrogens (tertiary/aromatic N) is 1. The lowest BCUT2D eigenvalue weighted by Gasteiger charge is -2.14.